The van der Waals surface area contributed by atoms with Crippen LogP contribution in [0.2, 0.25) is 0 Å². The molecule has 0 saturated carbocycles. The van der Waals surface area contributed by atoms with Gasteiger partial charge < -0.3 is 9.64 Å². The lowest BCUT2D eigenvalue weighted by atomic mass is 10.1. The highest BCUT2D eigenvalue weighted by molar-refractivity contribution is 7.18. The molecule has 31 heavy (non-hydrogen) atoms. The summed E-state index contributed by atoms with van der Waals surface area (Å²) in [6.45, 7) is 6.75. The number of hydrazine groups is 1. The number of thiophene rings is 1. The summed E-state index contributed by atoms with van der Waals surface area (Å²) in [5.41, 5.74) is 9.66. The van der Waals surface area contributed by atoms with Gasteiger partial charge in [-0.1, -0.05) is 48.0 Å². The molecular weight excluding hydrogens is 410 g/mol. The van der Waals surface area contributed by atoms with Crippen molar-refractivity contribution in [1.82, 2.24) is 10.9 Å². The van der Waals surface area contributed by atoms with Crippen molar-refractivity contribution in [2.24, 2.45) is 0 Å². The second kappa shape index (κ2) is 9.32. The quantitative estimate of drug-likeness (QED) is 0.609. The number of ether oxygens (including phenoxy) is 1. The average Bonchev–Trinajstić information content (AvgIpc) is 3.24. The van der Waals surface area contributed by atoms with Crippen LogP contribution in [0.5, 0.6) is 0 Å². The molecule has 0 spiro atoms. The van der Waals surface area contributed by atoms with E-state index in [9.17, 15) is 9.59 Å². The summed E-state index contributed by atoms with van der Waals surface area (Å²) in [5, 5.41) is 1.04. The average molecular weight is 436 g/mol. The molecule has 160 valence electrons. The van der Waals surface area contributed by atoms with Gasteiger partial charge in [0.25, 0.3) is 11.8 Å². The number of anilines is 1. The monoisotopic (exact) mass is 435 g/mol. The number of morpholine rings is 1. The van der Waals surface area contributed by atoms with Crippen molar-refractivity contribution in [3.8, 4) is 11.1 Å². The lowest BCUT2D eigenvalue weighted by molar-refractivity contribution is 0.0848. The fourth-order valence-electron chi connectivity index (χ4n) is 3.63. The van der Waals surface area contributed by atoms with Crippen LogP contribution in [0.1, 0.15) is 31.2 Å². The van der Waals surface area contributed by atoms with Crippen molar-refractivity contribution >= 4 is 28.2 Å². The molecule has 1 aliphatic heterocycles. The van der Waals surface area contributed by atoms with Crippen LogP contribution >= 0.6 is 11.3 Å². The lowest BCUT2D eigenvalue weighted by Gasteiger charge is -2.28. The summed E-state index contributed by atoms with van der Waals surface area (Å²) in [6.07, 6.45) is 0. The summed E-state index contributed by atoms with van der Waals surface area (Å²) < 4.78 is 5.48. The molecule has 1 fully saturated rings. The van der Waals surface area contributed by atoms with Gasteiger partial charge in [-0.2, -0.15) is 0 Å². The number of carbonyl (C=O) groups is 2. The number of nitrogens with zero attached hydrogens (tertiary/aromatic N) is 1. The van der Waals surface area contributed by atoms with E-state index in [0.29, 0.717) is 23.7 Å². The standard InChI is InChI=1S/C24H25N3O3S/c1-16-8-9-19(17(2)14-16)22(28)25-26-23(29)21-15-20(18-6-4-3-5-7-18)24(31-21)27-10-12-30-13-11-27/h3-9,14-15H,10-13H2,1-2H3,(H,25,28)(H,26,29). The molecule has 0 bridgehead atoms. The van der Waals surface area contributed by atoms with Gasteiger partial charge in [-0.25, -0.2) is 0 Å². The van der Waals surface area contributed by atoms with Crippen LogP contribution in [0.15, 0.2) is 54.6 Å². The Balaban J connectivity index is 1.53. The number of hydrogen-bond donors (Lipinski definition) is 2. The zero-order chi connectivity index (χ0) is 21.8. The molecule has 1 saturated heterocycles. The minimum absolute atomic E-state index is 0.334. The molecule has 0 aliphatic carbocycles. The zero-order valence-electron chi connectivity index (χ0n) is 17.6. The minimum atomic E-state index is -0.334. The molecule has 2 heterocycles. The predicted molar refractivity (Wildman–Crippen MR) is 124 cm³/mol. The van der Waals surface area contributed by atoms with Crippen LogP contribution in [0.25, 0.3) is 11.1 Å². The van der Waals surface area contributed by atoms with Gasteiger partial charge >= 0.3 is 0 Å². The molecule has 6 nitrogen and oxygen atoms in total. The van der Waals surface area contributed by atoms with E-state index in [1.807, 2.05) is 62.4 Å². The Morgan fingerprint density at radius 3 is 2.35 bits per heavy atom. The van der Waals surface area contributed by atoms with E-state index in [1.54, 1.807) is 6.07 Å². The number of amides is 2. The third kappa shape index (κ3) is 4.78. The molecule has 1 aliphatic rings. The number of carbonyl (C=O) groups excluding carboxylic acids is 2. The Morgan fingerprint density at radius 1 is 0.935 bits per heavy atom. The van der Waals surface area contributed by atoms with E-state index >= 15 is 0 Å². The highest BCUT2D eigenvalue weighted by Crippen LogP contribution is 2.39. The van der Waals surface area contributed by atoms with Crippen LogP contribution < -0.4 is 15.8 Å². The largest absolute Gasteiger partial charge is 0.378 e. The van der Waals surface area contributed by atoms with Crippen LogP contribution in [0.3, 0.4) is 0 Å². The lowest BCUT2D eigenvalue weighted by Crippen LogP contribution is -2.41. The van der Waals surface area contributed by atoms with Crippen LogP contribution in [0, 0.1) is 13.8 Å². The first kappa shape index (κ1) is 21.1. The fraction of sp³-hybridized carbons (Fsp3) is 0.250. The number of rotatable bonds is 4. The molecule has 2 amide bonds. The van der Waals surface area contributed by atoms with E-state index in [2.05, 4.69) is 15.8 Å². The summed E-state index contributed by atoms with van der Waals surface area (Å²) in [6, 6.07) is 17.5. The van der Waals surface area contributed by atoms with E-state index in [0.717, 1.165) is 40.3 Å². The molecule has 0 unspecified atom stereocenters. The van der Waals surface area contributed by atoms with E-state index < -0.39 is 0 Å². The van der Waals surface area contributed by atoms with Crippen molar-refractivity contribution in [2.45, 2.75) is 13.8 Å². The Morgan fingerprint density at radius 2 is 1.65 bits per heavy atom. The van der Waals surface area contributed by atoms with E-state index in [-0.39, 0.29) is 11.8 Å². The molecule has 2 N–H and O–H groups in total. The van der Waals surface area contributed by atoms with Crippen LogP contribution in [-0.2, 0) is 4.74 Å². The van der Waals surface area contributed by atoms with Gasteiger partial charge in [0.15, 0.2) is 0 Å². The molecule has 1 aromatic heterocycles. The van der Waals surface area contributed by atoms with Gasteiger partial charge in [0.2, 0.25) is 0 Å². The second-order valence-electron chi connectivity index (χ2n) is 7.52. The molecule has 0 radical (unpaired) electrons. The Kier molecular flexibility index (Phi) is 6.34. The summed E-state index contributed by atoms with van der Waals surface area (Å²) in [4.78, 5) is 28.1. The van der Waals surface area contributed by atoms with Gasteiger partial charge in [-0.3, -0.25) is 20.4 Å². The fourth-order valence-corrected chi connectivity index (χ4v) is 4.76. The molecule has 0 atom stereocenters. The van der Waals surface area contributed by atoms with Gasteiger partial charge in [0, 0.05) is 24.2 Å². The number of benzene rings is 2. The minimum Gasteiger partial charge on any atom is -0.378 e. The molecule has 2 aromatic carbocycles. The van der Waals surface area contributed by atoms with Gasteiger partial charge in [-0.05, 0) is 37.1 Å². The normalized spacial score (nSPS) is 13.7. The van der Waals surface area contributed by atoms with Crippen molar-refractivity contribution in [2.75, 3.05) is 31.2 Å². The first-order chi connectivity index (χ1) is 15.0. The van der Waals surface area contributed by atoms with E-state index in [4.69, 9.17) is 4.74 Å². The summed E-state index contributed by atoms with van der Waals surface area (Å²) in [7, 11) is 0. The van der Waals surface area contributed by atoms with Gasteiger partial charge in [0.05, 0.1) is 23.1 Å². The maximum atomic E-state index is 12.8. The second-order valence-corrected chi connectivity index (χ2v) is 8.55. The molecule has 3 aromatic rings. The van der Waals surface area contributed by atoms with Crippen molar-refractivity contribution in [3.05, 3.63) is 76.2 Å². The first-order valence-electron chi connectivity index (χ1n) is 10.2. The van der Waals surface area contributed by atoms with Gasteiger partial charge in [0.1, 0.15) is 0 Å². The SMILES string of the molecule is Cc1ccc(C(=O)NNC(=O)c2cc(-c3ccccc3)c(N3CCOCC3)s2)c(C)c1. The summed E-state index contributed by atoms with van der Waals surface area (Å²) in [5.74, 6) is -0.668. The maximum absolute atomic E-state index is 12.8. The number of nitrogens with one attached hydrogen (secondary N) is 2. The highest BCUT2D eigenvalue weighted by atomic mass is 32.1. The highest BCUT2D eigenvalue weighted by Gasteiger charge is 2.22. The van der Waals surface area contributed by atoms with Crippen LogP contribution in [-0.4, -0.2) is 38.1 Å². The van der Waals surface area contributed by atoms with Crippen molar-refractivity contribution in [3.63, 3.8) is 0 Å². The molecule has 4 rings (SSSR count). The third-order valence-electron chi connectivity index (χ3n) is 5.24. The van der Waals surface area contributed by atoms with Gasteiger partial charge in [-0.15, -0.1) is 11.3 Å². The summed E-state index contributed by atoms with van der Waals surface area (Å²) >= 11 is 1.43. The first-order valence-corrected chi connectivity index (χ1v) is 11.0. The Labute approximate surface area is 185 Å². The molecular formula is C24H25N3O3S. The van der Waals surface area contributed by atoms with Crippen LogP contribution in [0.4, 0.5) is 5.00 Å². The molecule has 7 heteroatoms. The number of hydrogen-bond acceptors (Lipinski definition) is 5. The Bertz CT molecular complexity index is 1090. The zero-order valence-corrected chi connectivity index (χ0v) is 18.4. The topological polar surface area (TPSA) is 70.7 Å². The smallest absolute Gasteiger partial charge is 0.279 e. The predicted octanol–water partition coefficient (Wildman–Crippen LogP) is 3.94. The third-order valence-corrected chi connectivity index (χ3v) is 6.43. The van der Waals surface area contributed by atoms with E-state index in [1.165, 1.54) is 11.3 Å². The Hall–Kier alpha value is -3.16. The van der Waals surface area contributed by atoms with Crippen molar-refractivity contribution in [1.29, 1.82) is 0 Å². The maximum Gasteiger partial charge on any atom is 0.279 e. The number of aryl methyl sites for hydroxylation is 2. The van der Waals surface area contributed by atoms with Crippen molar-refractivity contribution < 1.29 is 14.3 Å².